The molecule has 2 atom stereocenters. The van der Waals surface area contributed by atoms with Gasteiger partial charge in [-0.2, -0.15) is 0 Å². The van der Waals surface area contributed by atoms with Gasteiger partial charge in [-0.3, -0.25) is 9.69 Å². The lowest BCUT2D eigenvalue weighted by Crippen LogP contribution is -2.47. The Morgan fingerprint density at radius 2 is 2.10 bits per heavy atom. The second-order valence-corrected chi connectivity index (χ2v) is 6.37. The van der Waals surface area contributed by atoms with Crippen molar-refractivity contribution in [3.63, 3.8) is 0 Å². The molecule has 0 aromatic heterocycles. The molecule has 0 heterocycles. The fourth-order valence-electron chi connectivity index (χ4n) is 3.36. The largest absolute Gasteiger partial charge is 0.369 e. The topological polar surface area (TPSA) is 72.3 Å². The van der Waals surface area contributed by atoms with Gasteiger partial charge in [0.25, 0.3) is 0 Å². The summed E-state index contributed by atoms with van der Waals surface area (Å²) in [5.41, 5.74) is 12.7. The van der Waals surface area contributed by atoms with Crippen molar-refractivity contribution < 1.29 is 4.79 Å². The first-order valence-corrected chi connectivity index (χ1v) is 7.92. The Bertz CT molecular complexity index is 486. The summed E-state index contributed by atoms with van der Waals surface area (Å²) in [4.78, 5) is 13.7. The number of rotatable bonds is 6. The predicted molar refractivity (Wildman–Crippen MR) is 86.0 cm³/mol. The third kappa shape index (κ3) is 4.19. The quantitative estimate of drug-likeness (QED) is 0.848. The van der Waals surface area contributed by atoms with E-state index in [-0.39, 0.29) is 24.5 Å². The molecule has 1 aromatic carbocycles. The molecule has 116 valence electrons. The van der Waals surface area contributed by atoms with Crippen LogP contribution in [0.4, 0.5) is 0 Å². The first-order chi connectivity index (χ1) is 9.99. The van der Waals surface area contributed by atoms with Crippen LogP contribution in [0.5, 0.6) is 0 Å². The van der Waals surface area contributed by atoms with E-state index in [2.05, 4.69) is 4.90 Å². The van der Waals surface area contributed by atoms with Crippen LogP contribution < -0.4 is 11.5 Å². The zero-order valence-corrected chi connectivity index (χ0v) is 13.2. The Balaban J connectivity index is 2.33. The number of amides is 1. The first-order valence-electron chi connectivity index (χ1n) is 7.54. The van der Waals surface area contributed by atoms with Crippen LogP contribution in [0.25, 0.3) is 0 Å². The van der Waals surface area contributed by atoms with Crippen molar-refractivity contribution in [3.05, 3.63) is 34.9 Å². The maximum absolute atomic E-state index is 11.5. The Kier molecular flexibility index (Phi) is 5.62. The Morgan fingerprint density at radius 3 is 2.62 bits per heavy atom. The highest BCUT2D eigenvalue weighted by molar-refractivity contribution is 6.30. The maximum atomic E-state index is 11.5. The van der Waals surface area contributed by atoms with Gasteiger partial charge in [0, 0.05) is 17.1 Å². The minimum atomic E-state index is -0.311. The number of benzene rings is 1. The SMILES string of the molecule is CC(N)C(c1cccc(Cl)c1)N(CC(N)=O)C1CCCC1. The van der Waals surface area contributed by atoms with Gasteiger partial charge in [0.05, 0.1) is 12.6 Å². The van der Waals surface area contributed by atoms with E-state index in [0.717, 1.165) is 18.4 Å². The zero-order chi connectivity index (χ0) is 15.4. The second kappa shape index (κ2) is 7.25. The summed E-state index contributed by atoms with van der Waals surface area (Å²) >= 11 is 6.11. The molecule has 0 spiro atoms. The van der Waals surface area contributed by atoms with Crippen LogP contribution in [0.15, 0.2) is 24.3 Å². The molecule has 1 fully saturated rings. The van der Waals surface area contributed by atoms with Crippen molar-refractivity contribution in [2.24, 2.45) is 11.5 Å². The van der Waals surface area contributed by atoms with Crippen LogP contribution >= 0.6 is 11.6 Å². The lowest BCUT2D eigenvalue weighted by Gasteiger charge is -2.38. The van der Waals surface area contributed by atoms with Crippen LogP contribution in [0.2, 0.25) is 5.02 Å². The predicted octanol–water partition coefficient (Wildman–Crippen LogP) is 2.46. The molecule has 1 aliphatic carbocycles. The van der Waals surface area contributed by atoms with Crippen LogP contribution in [0, 0.1) is 0 Å². The van der Waals surface area contributed by atoms with E-state index in [1.807, 2.05) is 31.2 Å². The molecular formula is C16H24ClN3O. The van der Waals surface area contributed by atoms with Gasteiger partial charge in [-0.15, -0.1) is 0 Å². The van der Waals surface area contributed by atoms with Crippen LogP contribution in [-0.4, -0.2) is 29.4 Å². The average Bonchev–Trinajstić information content (AvgIpc) is 2.90. The molecule has 4 nitrogen and oxygen atoms in total. The van der Waals surface area contributed by atoms with Gasteiger partial charge < -0.3 is 11.5 Å². The van der Waals surface area contributed by atoms with Crippen LogP contribution in [-0.2, 0) is 4.79 Å². The number of nitrogens with two attached hydrogens (primary N) is 2. The summed E-state index contributed by atoms with van der Waals surface area (Å²) in [6.07, 6.45) is 4.58. The number of halogens is 1. The summed E-state index contributed by atoms with van der Waals surface area (Å²) in [7, 11) is 0. The Hall–Kier alpha value is -1.10. The molecule has 0 radical (unpaired) electrons. The number of carbonyl (C=O) groups is 1. The molecule has 4 N–H and O–H groups in total. The average molecular weight is 310 g/mol. The van der Waals surface area contributed by atoms with Gasteiger partial charge in [0.1, 0.15) is 0 Å². The maximum Gasteiger partial charge on any atom is 0.231 e. The molecule has 1 saturated carbocycles. The van der Waals surface area contributed by atoms with Gasteiger partial charge in [0.2, 0.25) is 5.91 Å². The van der Waals surface area contributed by atoms with Gasteiger partial charge >= 0.3 is 0 Å². The highest BCUT2D eigenvalue weighted by Crippen LogP contribution is 2.33. The fourth-order valence-corrected chi connectivity index (χ4v) is 3.56. The summed E-state index contributed by atoms with van der Waals surface area (Å²) in [6.45, 7) is 2.21. The number of nitrogens with zero attached hydrogens (tertiary/aromatic N) is 1. The van der Waals surface area contributed by atoms with Crippen molar-refractivity contribution in [1.29, 1.82) is 0 Å². The smallest absolute Gasteiger partial charge is 0.231 e. The first kappa shape index (κ1) is 16.3. The summed E-state index contributed by atoms with van der Waals surface area (Å²) < 4.78 is 0. The Labute approximate surface area is 131 Å². The molecule has 2 rings (SSSR count). The minimum Gasteiger partial charge on any atom is -0.369 e. The zero-order valence-electron chi connectivity index (χ0n) is 12.5. The molecule has 2 unspecified atom stereocenters. The van der Waals surface area contributed by atoms with Crippen molar-refractivity contribution in [1.82, 2.24) is 4.90 Å². The number of hydrogen-bond acceptors (Lipinski definition) is 3. The van der Waals surface area contributed by atoms with E-state index in [4.69, 9.17) is 23.1 Å². The molecule has 1 amide bonds. The third-order valence-electron chi connectivity index (χ3n) is 4.18. The molecule has 21 heavy (non-hydrogen) atoms. The van der Waals surface area contributed by atoms with Crippen LogP contribution in [0.3, 0.4) is 0 Å². The van der Waals surface area contributed by atoms with E-state index in [0.29, 0.717) is 11.1 Å². The van der Waals surface area contributed by atoms with E-state index in [1.165, 1.54) is 12.8 Å². The molecular weight excluding hydrogens is 286 g/mol. The van der Waals surface area contributed by atoms with E-state index < -0.39 is 0 Å². The highest BCUT2D eigenvalue weighted by Gasteiger charge is 2.32. The molecule has 1 aromatic rings. The fraction of sp³-hybridized carbons (Fsp3) is 0.562. The molecule has 0 saturated heterocycles. The molecule has 1 aliphatic rings. The highest BCUT2D eigenvalue weighted by atomic mass is 35.5. The molecule has 5 heteroatoms. The standard InChI is InChI=1S/C16H24ClN3O/c1-11(18)16(12-5-4-6-13(17)9-12)20(10-15(19)21)14-7-2-3-8-14/h4-6,9,11,14,16H,2-3,7-8,10,18H2,1H3,(H2,19,21). The van der Waals surface area contributed by atoms with E-state index >= 15 is 0 Å². The van der Waals surface area contributed by atoms with Crippen molar-refractivity contribution >= 4 is 17.5 Å². The van der Waals surface area contributed by atoms with Crippen molar-refractivity contribution in [2.75, 3.05) is 6.54 Å². The number of primary amides is 1. The second-order valence-electron chi connectivity index (χ2n) is 5.94. The van der Waals surface area contributed by atoms with Gasteiger partial charge in [-0.1, -0.05) is 36.6 Å². The summed E-state index contributed by atoms with van der Waals surface area (Å²) in [6, 6.07) is 7.93. The summed E-state index contributed by atoms with van der Waals surface area (Å²) in [5, 5.41) is 0.684. The van der Waals surface area contributed by atoms with Crippen molar-refractivity contribution in [3.8, 4) is 0 Å². The lowest BCUT2D eigenvalue weighted by atomic mass is 9.96. The van der Waals surface area contributed by atoms with Crippen molar-refractivity contribution in [2.45, 2.75) is 50.7 Å². The number of hydrogen-bond donors (Lipinski definition) is 2. The number of carbonyl (C=O) groups excluding carboxylic acids is 1. The molecule has 0 bridgehead atoms. The normalized spacial score (nSPS) is 18.9. The lowest BCUT2D eigenvalue weighted by molar-refractivity contribution is -0.120. The minimum absolute atomic E-state index is 0.0423. The van der Waals surface area contributed by atoms with Gasteiger partial charge in [-0.05, 0) is 37.5 Å². The third-order valence-corrected chi connectivity index (χ3v) is 4.41. The summed E-state index contributed by atoms with van der Waals surface area (Å²) in [5.74, 6) is -0.311. The van der Waals surface area contributed by atoms with Gasteiger partial charge in [-0.25, -0.2) is 0 Å². The molecule has 0 aliphatic heterocycles. The Morgan fingerprint density at radius 1 is 1.43 bits per heavy atom. The van der Waals surface area contributed by atoms with Crippen LogP contribution in [0.1, 0.15) is 44.2 Å². The van der Waals surface area contributed by atoms with Gasteiger partial charge in [0.15, 0.2) is 0 Å². The monoisotopic (exact) mass is 309 g/mol. The van der Waals surface area contributed by atoms with E-state index in [9.17, 15) is 4.79 Å². The van der Waals surface area contributed by atoms with E-state index in [1.54, 1.807) is 0 Å².